The van der Waals surface area contributed by atoms with Crippen LogP contribution in [-0.2, 0) is 26.7 Å². The SMILES string of the molecule is CN1CCN(C(=O)c2ccccc2C2=C3C=C4CCCN(CCCS(=O)(=O)O)C4=CC3Oc3cc4c(cc32)CCCN4CCCS(=O)(=O)O)CC1. The summed E-state index contributed by atoms with van der Waals surface area (Å²) in [6, 6.07) is 12.0. The second kappa shape index (κ2) is 14.4. The Hall–Kier alpha value is -3.69. The lowest BCUT2D eigenvalue weighted by atomic mass is 9.80. The number of piperidine rings is 1. The molecule has 1 aliphatic carbocycles. The monoisotopic (exact) mass is 738 g/mol. The molecule has 274 valence electrons. The number of anilines is 1. The van der Waals surface area contributed by atoms with Crippen molar-refractivity contribution >= 4 is 37.4 Å². The number of ether oxygens (including phenoxy) is 1. The summed E-state index contributed by atoms with van der Waals surface area (Å²) >= 11 is 0. The number of rotatable bonds is 10. The van der Waals surface area contributed by atoms with Crippen molar-refractivity contribution in [3.63, 3.8) is 0 Å². The molecular formula is C37H46N4O8S2. The molecule has 4 heterocycles. The molecule has 2 aromatic carbocycles. The average molecular weight is 739 g/mol. The predicted octanol–water partition coefficient (Wildman–Crippen LogP) is 3.87. The Labute approximate surface area is 300 Å². The number of amides is 1. The van der Waals surface area contributed by atoms with Crippen molar-refractivity contribution in [1.29, 1.82) is 0 Å². The minimum Gasteiger partial charge on any atom is -0.481 e. The van der Waals surface area contributed by atoms with Gasteiger partial charge in [-0.05, 0) is 86.6 Å². The van der Waals surface area contributed by atoms with E-state index < -0.39 is 26.3 Å². The number of likely N-dealkylation sites (tertiary alicyclic amines) is 1. The van der Waals surface area contributed by atoms with E-state index in [1.807, 2.05) is 35.2 Å². The zero-order chi connectivity index (χ0) is 35.9. The van der Waals surface area contributed by atoms with E-state index >= 15 is 0 Å². The highest BCUT2D eigenvalue weighted by Crippen LogP contribution is 2.48. The zero-order valence-electron chi connectivity index (χ0n) is 29.0. The molecule has 1 amide bonds. The molecule has 1 unspecified atom stereocenters. The summed E-state index contributed by atoms with van der Waals surface area (Å²) in [6.07, 6.45) is 7.91. The fourth-order valence-electron chi connectivity index (χ4n) is 8.07. The lowest BCUT2D eigenvalue weighted by molar-refractivity contribution is 0.0663. The Bertz CT molecular complexity index is 2020. The number of piperazine rings is 1. The van der Waals surface area contributed by atoms with Crippen LogP contribution in [0.15, 0.2) is 65.4 Å². The second-order valence-corrected chi connectivity index (χ2v) is 17.3. The topological polar surface area (TPSA) is 148 Å². The van der Waals surface area contributed by atoms with E-state index in [1.165, 1.54) is 0 Å². The highest BCUT2D eigenvalue weighted by molar-refractivity contribution is 7.86. The van der Waals surface area contributed by atoms with Crippen LogP contribution in [0.3, 0.4) is 0 Å². The third-order valence-corrected chi connectivity index (χ3v) is 12.2. The van der Waals surface area contributed by atoms with E-state index in [9.17, 15) is 30.7 Å². The molecule has 5 aliphatic rings. The Morgan fingerprint density at radius 2 is 1.51 bits per heavy atom. The lowest BCUT2D eigenvalue weighted by Crippen LogP contribution is -2.47. The Morgan fingerprint density at radius 3 is 2.24 bits per heavy atom. The third kappa shape index (κ3) is 7.90. The molecule has 0 spiro atoms. The summed E-state index contributed by atoms with van der Waals surface area (Å²) in [5.74, 6) is 0.0624. The quantitative estimate of drug-likeness (QED) is 0.343. The van der Waals surface area contributed by atoms with Crippen LogP contribution in [0.4, 0.5) is 5.69 Å². The molecule has 12 nitrogen and oxygen atoms in total. The maximum absolute atomic E-state index is 14.2. The van der Waals surface area contributed by atoms with Crippen molar-refractivity contribution in [3.8, 4) is 5.75 Å². The van der Waals surface area contributed by atoms with Crippen LogP contribution in [0.1, 0.15) is 59.2 Å². The van der Waals surface area contributed by atoms with Crippen LogP contribution < -0.4 is 9.64 Å². The Kier molecular flexibility index (Phi) is 10.1. The fraction of sp³-hybridized carbons (Fsp3) is 0.486. The average Bonchev–Trinajstić information content (AvgIpc) is 3.08. The van der Waals surface area contributed by atoms with Gasteiger partial charge in [0.2, 0.25) is 0 Å². The van der Waals surface area contributed by atoms with Gasteiger partial charge in [-0.2, -0.15) is 16.8 Å². The molecule has 51 heavy (non-hydrogen) atoms. The van der Waals surface area contributed by atoms with Gasteiger partial charge in [0, 0.05) is 92.1 Å². The smallest absolute Gasteiger partial charge is 0.264 e. The summed E-state index contributed by atoms with van der Waals surface area (Å²) in [6.45, 7) is 5.41. The lowest BCUT2D eigenvalue weighted by Gasteiger charge is -2.40. The number of hydrogen-bond acceptors (Lipinski definition) is 9. The summed E-state index contributed by atoms with van der Waals surface area (Å²) in [4.78, 5) is 22.7. The summed E-state index contributed by atoms with van der Waals surface area (Å²) in [7, 11) is -6.07. The minimum atomic E-state index is -4.07. The van der Waals surface area contributed by atoms with Crippen molar-refractivity contribution in [3.05, 3.63) is 87.6 Å². The molecular weight excluding hydrogens is 693 g/mol. The molecule has 0 radical (unpaired) electrons. The van der Waals surface area contributed by atoms with Gasteiger partial charge in [0.25, 0.3) is 26.1 Å². The first-order valence-corrected chi connectivity index (χ1v) is 21.0. The van der Waals surface area contributed by atoms with E-state index in [2.05, 4.69) is 40.0 Å². The van der Waals surface area contributed by atoms with Gasteiger partial charge in [0.05, 0.1) is 11.5 Å². The van der Waals surface area contributed by atoms with Crippen molar-refractivity contribution in [2.24, 2.45) is 0 Å². The van der Waals surface area contributed by atoms with Crippen molar-refractivity contribution in [2.75, 3.05) is 75.8 Å². The highest BCUT2D eigenvalue weighted by atomic mass is 32.2. The third-order valence-electron chi connectivity index (χ3n) is 10.6. The normalized spacial score (nSPS) is 20.8. The van der Waals surface area contributed by atoms with Crippen LogP contribution in [0.25, 0.3) is 5.57 Å². The molecule has 2 aromatic rings. The molecule has 2 N–H and O–H groups in total. The van der Waals surface area contributed by atoms with Gasteiger partial charge >= 0.3 is 0 Å². The van der Waals surface area contributed by atoms with Crippen molar-refractivity contribution in [2.45, 2.75) is 44.6 Å². The number of aryl methyl sites for hydroxylation is 1. The maximum Gasteiger partial charge on any atom is 0.264 e. The van der Waals surface area contributed by atoms with Gasteiger partial charge in [-0.3, -0.25) is 13.9 Å². The molecule has 1 atom stereocenters. The highest BCUT2D eigenvalue weighted by Gasteiger charge is 2.36. The molecule has 2 saturated heterocycles. The van der Waals surface area contributed by atoms with E-state index in [1.54, 1.807) is 0 Å². The molecule has 7 rings (SSSR count). The van der Waals surface area contributed by atoms with Gasteiger partial charge in [0.15, 0.2) is 0 Å². The summed E-state index contributed by atoms with van der Waals surface area (Å²) < 4.78 is 71.4. The summed E-state index contributed by atoms with van der Waals surface area (Å²) in [5, 5.41) is 0. The number of hydrogen-bond donors (Lipinski definition) is 2. The zero-order valence-corrected chi connectivity index (χ0v) is 30.6. The van der Waals surface area contributed by atoms with Gasteiger partial charge < -0.3 is 24.3 Å². The van der Waals surface area contributed by atoms with Crippen LogP contribution in [0.2, 0.25) is 0 Å². The predicted molar refractivity (Wildman–Crippen MR) is 196 cm³/mol. The first kappa shape index (κ1) is 35.7. The number of allylic oxidation sites excluding steroid dienone is 1. The number of likely N-dealkylation sites (N-methyl/N-ethyl adjacent to an activating group) is 1. The molecule has 0 saturated carbocycles. The van der Waals surface area contributed by atoms with Gasteiger partial charge in [-0.25, -0.2) is 0 Å². The fourth-order valence-corrected chi connectivity index (χ4v) is 9.06. The molecule has 0 aromatic heterocycles. The molecule has 14 heteroatoms. The van der Waals surface area contributed by atoms with Crippen LogP contribution in [0, 0.1) is 0 Å². The summed E-state index contributed by atoms with van der Waals surface area (Å²) in [5.41, 5.74) is 8.56. The van der Waals surface area contributed by atoms with Crippen LogP contribution in [0.5, 0.6) is 5.75 Å². The second-order valence-electron chi connectivity index (χ2n) is 14.2. The van der Waals surface area contributed by atoms with Gasteiger partial charge in [0.1, 0.15) is 11.9 Å². The molecule has 2 fully saturated rings. The Balaban J connectivity index is 1.32. The van der Waals surface area contributed by atoms with Crippen molar-refractivity contribution < 1.29 is 35.5 Å². The number of carbonyl (C=O) groups is 1. The number of benzene rings is 2. The number of carbonyl (C=O) groups excluding carboxylic acids is 1. The van der Waals surface area contributed by atoms with E-state index in [-0.39, 0.29) is 17.4 Å². The number of fused-ring (bicyclic) bond motifs is 4. The van der Waals surface area contributed by atoms with E-state index in [0.29, 0.717) is 50.3 Å². The number of nitrogens with zero attached hydrogens (tertiary/aromatic N) is 4. The minimum absolute atomic E-state index is 0.00160. The van der Waals surface area contributed by atoms with E-state index in [4.69, 9.17) is 4.74 Å². The van der Waals surface area contributed by atoms with Gasteiger partial charge in [-0.1, -0.05) is 18.2 Å². The van der Waals surface area contributed by atoms with Crippen LogP contribution in [-0.4, -0.2) is 124 Å². The van der Waals surface area contributed by atoms with E-state index in [0.717, 1.165) is 96.7 Å². The molecule has 0 bridgehead atoms. The maximum atomic E-state index is 14.2. The van der Waals surface area contributed by atoms with Crippen LogP contribution >= 0.6 is 0 Å². The standard InChI is InChI=1S/C37H46N4O8S2/c1-38-16-18-41(19-17-38)37(42)29-11-3-2-10-28(29)36-30-22-26-8-4-12-39(14-6-20-50(43,44)45)32(26)24-34(30)49-35-25-33-27(23-31(35)36)9-5-13-40(33)15-7-21-51(46,47)48/h2-3,10-11,22-25,34H,4-9,12-21H2,1H3,(H,43,44,45)(H,46,47,48). The first-order chi connectivity index (χ1) is 24.3. The molecule has 4 aliphatic heterocycles. The first-order valence-electron chi connectivity index (χ1n) is 17.8. The van der Waals surface area contributed by atoms with Crippen molar-refractivity contribution in [1.82, 2.24) is 14.7 Å². The van der Waals surface area contributed by atoms with Gasteiger partial charge in [-0.15, -0.1) is 0 Å². The largest absolute Gasteiger partial charge is 0.481 e. The Morgan fingerprint density at radius 1 is 0.843 bits per heavy atom.